The van der Waals surface area contributed by atoms with Gasteiger partial charge < -0.3 is 0 Å². The van der Waals surface area contributed by atoms with Gasteiger partial charge in [-0.05, 0) is 0 Å². The molecule has 0 amide bonds. The fourth-order valence-corrected chi connectivity index (χ4v) is 6.99. The summed E-state index contributed by atoms with van der Waals surface area (Å²) in [6.45, 7) is 8.22. The van der Waals surface area contributed by atoms with Gasteiger partial charge >= 0.3 is 107 Å². The molecule has 17 heavy (non-hydrogen) atoms. The second kappa shape index (κ2) is 9.88. The third-order valence-electron chi connectivity index (χ3n) is 3.32. The van der Waals surface area contributed by atoms with E-state index in [0.29, 0.717) is 0 Å². The number of hydrogen-bond donors (Lipinski definition) is 0. The van der Waals surface area contributed by atoms with Gasteiger partial charge in [-0.2, -0.15) is 0 Å². The summed E-state index contributed by atoms with van der Waals surface area (Å²) >= 11 is 0. The van der Waals surface area contributed by atoms with Crippen LogP contribution in [0.3, 0.4) is 0 Å². The van der Waals surface area contributed by atoms with Crippen molar-refractivity contribution in [2.45, 2.75) is 66.2 Å². The van der Waals surface area contributed by atoms with Crippen LogP contribution in [-0.2, 0) is 9.32 Å². The van der Waals surface area contributed by atoms with Crippen LogP contribution in [0.15, 0.2) is 0 Å². The molecule has 0 heterocycles. The van der Waals surface area contributed by atoms with Crippen molar-refractivity contribution in [3.63, 3.8) is 0 Å². The van der Waals surface area contributed by atoms with Gasteiger partial charge in [-0.1, -0.05) is 0 Å². The first-order valence-corrected chi connectivity index (χ1v) is 9.82. The zero-order chi connectivity index (χ0) is 13.1. The van der Waals surface area contributed by atoms with Crippen molar-refractivity contribution in [2.75, 3.05) is 18.5 Å². The van der Waals surface area contributed by atoms with Crippen LogP contribution in [0.1, 0.15) is 66.2 Å². The van der Waals surface area contributed by atoms with E-state index in [4.69, 9.17) is 4.52 Å². The molecule has 0 bridgehead atoms. The van der Waals surface area contributed by atoms with Gasteiger partial charge in [-0.15, -0.1) is 0 Å². The van der Waals surface area contributed by atoms with E-state index in [1.54, 1.807) is 6.92 Å². The van der Waals surface area contributed by atoms with Crippen molar-refractivity contribution in [3.05, 3.63) is 0 Å². The Bertz CT molecular complexity index is 183. The van der Waals surface area contributed by atoms with E-state index < -0.39 is 7.49 Å². The first-order valence-electron chi connectivity index (χ1n) is 7.29. The topological polar surface area (TPSA) is 26.3 Å². The normalized spacial score (nSPS) is 12.5. The molecular weight excluding hydrogens is 231 g/mol. The second-order valence-electron chi connectivity index (χ2n) is 5.09. The second-order valence-corrected chi connectivity index (χ2v) is 9.16. The molecule has 0 rings (SSSR count). The summed E-state index contributed by atoms with van der Waals surface area (Å²) in [5.74, 6) is -0.0556. The van der Waals surface area contributed by atoms with Gasteiger partial charge in [0.25, 0.3) is 0 Å². The van der Waals surface area contributed by atoms with E-state index >= 15 is 0 Å². The quantitative estimate of drug-likeness (QED) is 0.537. The molecule has 0 aromatic heterocycles. The van der Waals surface area contributed by atoms with Crippen molar-refractivity contribution >= 4 is 13.5 Å². The fraction of sp³-hybridized carbons (Fsp3) is 0.929. The van der Waals surface area contributed by atoms with Crippen molar-refractivity contribution in [1.82, 2.24) is 0 Å². The van der Waals surface area contributed by atoms with Crippen LogP contribution in [-0.4, -0.2) is 24.5 Å². The fourth-order valence-electron chi connectivity index (χ4n) is 2.33. The Balaban J connectivity index is 4.56. The molecule has 0 unspecified atom stereocenters. The van der Waals surface area contributed by atoms with E-state index in [9.17, 15) is 4.79 Å². The third-order valence-corrected chi connectivity index (χ3v) is 7.83. The van der Waals surface area contributed by atoms with Crippen LogP contribution in [0.25, 0.3) is 0 Å². The summed E-state index contributed by atoms with van der Waals surface area (Å²) in [5, 5.41) is 0. The summed E-state index contributed by atoms with van der Waals surface area (Å²) in [4.78, 5) is 11.4. The number of hydrogen-bond acceptors (Lipinski definition) is 2. The van der Waals surface area contributed by atoms with Crippen LogP contribution in [0.5, 0.6) is 0 Å². The molecule has 0 aliphatic carbocycles. The van der Waals surface area contributed by atoms with E-state index in [2.05, 4.69) is 20.8 Å². The zero-order valence-corrected chi connectivity index (χ0v) is 13.2. The molecule has 104 valence electrons. The van der Waals surface area contributed by atoms with Crippen LogP contribution in [0.2, 0.25) is 0 Å². The molecule has 0 N–H and O–H groups in total. The summed E-state index contributed by atoms with van der Waals surface area (Å²) in [6, 6.07) is 0. The predicted octanol–water partition coefficient (Wildman–Crippen LogP) is 4.61. The van der Waals surface area contributed by atoms with E-state index in [-0.39, 0.29) is 5.97 Å². The summed E-state index contributed by atoms with van der Waals surface area (Å²) in [7, 11) is -1.77. The molecule has 0 radical (unpaired) electrons. The number of carbonyl (C=O) groups is 1. The summed E-state index contributed by atoms with van der Waals surface area (Å²) in [5.41, 5.74) is 0. The molecule has 0 saturated heterocycles. The molecule has 3 heteroatoms. The van der Waals surface area contributed by atoms with E-state index in [1.807, 2.05) is 0 Å². The van der Waals surface area contributed by atoms with Crippen molar-refractivity contribution in [2.24, 2.45) is 0 Å². The molecule has 0 aromatic rings. The Labute approximate surface area is 108 Å². The van der Waals surface area contributed by atoms with Gasteiger partial charge in [0.05, 0.1) is 0 Å². The maximum absolute atomic E-state index is 11.4. The zero-order valence-electron chi connectivity index (χ0n) is 12.2. The number of carbonyl (C=O) groups excluding carboxylic acids is 1. The van der Waals surface area contributed by atoms with Gasteiger partial charge in [0.1, 0.15) is 0 Å². The Morgan fingerprint density at radius 3 is 1.47 bits per heavy atom. The van der Waals surface area contributed by atoms with Gasteiger partial charge in [0.15, 0.2) is 0 Å². The average molecular weight is 262 g/mol. The van der Waals surface area contributed by atoms with Gasteiger partial charge in [0.2, 0.25) is 0 Å². The molecule has 0 atom stereocenters. The first-order chi connectivity index (χ1) is 8.10. The molecule has 0 fully saturated rings. The molecule has 0 spiro atoms. The number of rotatable bonds is 10. The van der Waals surface area contributed by atoms with Crippen LogP contribution < -0.4 is 0 Å². The van der Waals surface area contributed by atoms with Crippen molar-refractivity contribution < 1.29 is 9.32 Å². The Hall–Kier alpha value is -0.100. The van der Waals surface area contributed by atoms with Crippen LogP contribution >= 0.6 is 7.49 Å². The van der Waals surface area contributed by atoms with Crippen molar-refractivity contribution in [1.29, 1.82) is 0 Å². The van der Waals surface area contributed by atoms with E-state index in [1.165, 1.54) is 57.0 Å². The monoisotopic (exact) mass is 262 g/mol. The van der Waals surface area contributed by atoms with Gasteiger partial charge in [0, 0.05) is 0 Å². The van der Waals surface area contributed by atoms with Crippen molar-refractivity contribution in [3.8, 4) is 0 Å². The number of unbranched alkanes of at least 4 members (excludes halogenated alkanes) is 3. The molecule has 0 aromatic carbocycles. The predicted molar refractivity (Wildman–Crippen MR) is 79.4 cm³/mol. The minimum absolute atomic E-state index is 0.0556. The van der Waals surface area contributed by atoms with E-state index in [0.717, 1.165) is 0 Å². The SMILES string of the molecule is CCCC[PH](CCCC)(CCCC)OC(C)=O. The Morgan fingerprint density at radius 1 is 0.882 bits per heavy atom. The van der Waals surface area contributed by atoms with Gasteiger partial charge in [-0.3, -0.25) is 0 Å². The summed E-state index contributed by atoms with van der Waals surface area (Å²) in [6.07, 6.45) is 10.8. The maximum atomic E-state index is 11.4. The van der Waals surface area contributed by atoms with Gasteiger partial charge in [-0.25, -0.2) is 0 Å². The molecule has 0 aliphatic heterocycles. The molecule has 0 saturated carbocycles. The minimum atomic E-state index is -1.77. The van der Waals surface area contributed by atoms with Crippen LogP contribution in [0, 0.1) is 0 Å². The Morgan fingerprint density at radius 2 is 1.24 bits per heavy atom. The molecule has 0 aliphatic rings. The Kier molecular flexibility index (Phi) is 9.82. The summed E-state index contributed by atoms with van der Waals surface area (Å²) < 4.78 is 5.84. The molecule has 2 nitrogen and oxygen atoms in total. The molecular formula is C14H31O2P. The van der Waals surface area contributed by atoms with Crippen LogP contribution in [0.4, 0.5) is 0 Å². The average Bonchev–Trinajstić information content (AvgIpc) is 2.30. The first kappa shape index (κ1) is 16.9. The third kappa shape index (κ3) is 7.76. The standard InChI is InChI=1S/C14H31O2P/c1-5-8-11-17(12-9-6-2,13-10-7-3)16-14(4)15/h17H,5-13H2,1-4H3.